The molecule has 1 aliphatic carbocycles. The van der Waals surface area contributed by atoms with Gasteiger partial charge in [0.25, 0.3) is 0 Å². The lowest BCUT2D eigenvalue weighted by Crippen LogP contribution is -2.06. The summed E-state index contributed by atoms with van der Waals surface area (Å²) in [6.07, 6.45) is 8.26. The summed E-state index contributed by atoms with van der Waals surface area (Å²) in [5.41, 5.74) is 0. The molecular weight excluding hydrogens is 188 g/mol. The van der Waals surface area contributed by atoms with Crippen LogP contribution in [0.25, 0.3) is 0 Å². The van der Waals surface area contributed by atoms with Crippen molar-refractivity contribution in [3.05, 3.63) is 39.8 Å². The number of rotatable bonds is 0. The Morgan fingerprint density at radius 1 is 1.20 bits per heavy atom. The van der Waals surface area contributed by atoms with Gasteiger partial charge in [0.1, 0.15) is 11.6 Å². The zero-order valence-corrected chi connectivity index (χ0v) is 9.21. The summed E-state index contributed by atoms with van der Waals surface area (Å²) in [6.45, 7) is 6.75. The number of carbonyl (C=O) groups excluding carboxylic acids is 2. The van der Waals surface area contributed by atoms with Gasteiger partial charge >= 0.3 is 0 Å². The van der Waals surface area contributed by atoms with Crippen LogP contribution in [0.5, 0.6) is 0 Å². The van der Waals surface area contributed by atoms with Crippen molar-refractivity contribution in [2.45, 2.75) is 32.1 Å². The lowest BCUT2D eigenvalue weighted by Gasteiger charge is -1.93. The molecule has 0 saturated carbocycles. The van der Waals surface area contributed by atoms with E-state index in [4.69, 9.17) is 0 Å². The van der Waals surface area contributed by atoms with E-state index in [0.717, 1.165) is 12.8 Å². The highest BCUT2D eigenvalue weighted by Crippen LogP contribution is 2.05. The van der Waals surface area contributed by atoms with Crippen molar-refractivity contribution in [3.63, 3.8) is 0 Å². The second-order valence-corrected chi connectivity index (χ2v) is 2.99. The fraction of sp³-hybridized carbons (Fsp3) is 0.385. The fourth-order valence-corrected chi connectivity index (χ4v) is 1.01. The van der Waals surface area contributed by atoms with E-state index >= 15 is 0 Å². The van der Waals surface area contributed by atoms with Crippen molar-refractivity contribution in [2.24, 2.45) is 0 Å². The Bertz CT molecular complexity index is 185. The molecule has 0 amide bonds. The first kappa shape index (κ1) is 16.5. The Balaban J connectivity index is 0. The molecule has 0 aromatic carbocycles. The summed E-state index contributed by atoms with van der Waals surface area (Å²) < 4.78 is 0. The predicted octanol–water partition coefficient (Wildman–Crippen LogP) is 2.83. The average molecular weight is 207 g/mol. The first-order valence-corrected chi connectivity index (χ1v) is 4.82. The maximum atomic E-state index is 10.9. The zero-order chi connectivity index (χ0) is 10.8. The summed E-state index contributed by atoms with van der Waals surface area (Å²) in [5, 5.41) is 0. The molecule has 0 bridgehead atoms. The predicted molar refractivity (Wildman–Crippen MR) is 62.6 cm³/mol. The molecule has 0 N–H and O–H groups in total. The number of ketones is 2. The van der Waals surface area contributed by atoms with Gasteiger partial charge in [0, 0.05) is 12.8 Å². The normalized spacial score (nSPS) is 16.4. The largest absolute Gasteiger partial charge is 0.299 e. The molecule has 15 heavy (non-hydrogen) atoms. The monoisotopic (exact) mass is 207 g/mol. The Labute approximate surface area is 93.8 Å². The van der Waals surface area contributed by atoms with E-state index in [1.807, 2.05) is 12.2 Å². The van der Waals surface area contributed by atoms with Gasteiger partial charge in [-0.05, 0) is 12.8 Å². The molecule has 0 unspecified atom stereocenters. The second kappa shape index (κ2) is 11.2. The van der Waals surface area contributed by atoms with Crippen LogP contribution in [0.3, 0.4) is 0 Å². The van der Waals surface area contributed by atoms with Crippen LogP contribution in [-0.2, 0) is 9.59 Å². The third-order valence-corrected chi connectivity index (χ3v) is 1.61. The van der Waals surface area contributed by atoms with Crippen LogP contribution in [0.15, 0.2) is 12.2 Å². The summed E-state index contributed by atoms with van der Waals surface area (Å²) >= 11 is 0. The highest BCUT2D eigenvalue weighted by atomic mass is 16.1. The molecular formula is C13H19O2. The van der Waals surface area contributed by atoms with Crippen molar-refractivity contribution in [2.75, 3.05) is 0 Å². The molecule has 0 heterocycles. The van der Waals surface area contributed by atoms with Crippen molar-refractivity contribution < 1.29 is 9.59 Å². The maximum absolute atomic E-state index is 10.9. The molecule has 2 nitrogen and oxygen atoms in total. The highest BCUT2D eigenvalue weighted by Gasteiger charge is 2.09. The second-order valence-electron chi connectivity index (χ2n) is 2.99. The van der Waals surface area contributed by atoms with Gasteiger partial charge in [-0.2, -0.15) is 0 Å². The molecule has 0 fully saturated rings. The number of carbonyl (C=O) groups is 2. The summed E-state index contributed by atoms with van der Waals surface area (Å²) in [7, 11) is 0. The van der Waals surface area contributed by atoms with E-state index in [1.165, 1.54) is 0 Å². The van der Waals surface area contributed by atoms with Crippen LogP contribution in [0.4, 0.5) is 0 Å². The maximum Gasteiger partial charge on any atom is 0.144 e. The van der Waals surface area contributed by atoms with E-state index < -0.39 is 0 Å². The van der Waals surface area contributed by atoms with Gasteiger partial charge in [0.2, 0.25) is 0 Å². The molecule has 0 atom stereocenters. The number of hydrogen-bond donors (Lipinski definition) is 0. The van der Waals surface area contributed by atoms with Crippen LogP contribution < -0.4 is 0 Å². The Morgan fingerprint density at radius 2 is 1.80 bits per heavy atom. The van der Waals surface area contributed by atoms with Gasteiger partial charge in [0.05, 0.1) is 6.42 Å². The lowest BCUT2D eigenvalue weighted by molar-refractivity contribution is -0.125. The van der Waals surface area contributed by atoms with Gasteiger partial charge in [-0.3, -0.25) is 9.59 Å². The Kier molecular flexibility index (Phi) is 12.3. The molecule has 1 rings (SSSR count). The van der Waals surface area contributed by atoms with Gasteiger partial charge in [0.15, 0.2) is 0 Å². The lowest BCUT2D eigenvalue weighted by atomic mass is 10.1. The summed E-state index contributed by atoms with van der Waals surface area (Å²) in [5.74, 6) is 0.0133. The summed E-state index contributed by atoms with van der Waals surface area (Å²) in [6, 6.07) is 0. The SMILES string of the molecule is O=C1[CH]CC=CCCC(=O)C1.[CH2].[CH2]C[CH2]. The van der Waals surface area contributed by atoms with E-state index in [-0.39, 0.29) is 25.4 Å². The summed E-state index contributed by atoms with van der Waals surface area (Å²) in [4.78, 5) is 21.8. The number of Topliss-reactive ketones (excluding diaryl/α,β-unsaturated/α-hetero) is 2. The topological polar surface area (TPSA) is 34.1 Å². The van der Waals surface area contributed by atoms with Crippen molar-refractivity contribution in [1.82, 2.24) is 0 Å². The minimum Gasteiger partial charge on any atom is -0.299 e. The molecule has 0 spiro atoms. The van der Waals surface area contributed by atoms with E-state index in [1.54, 1.807) is 6.42 Å². The zero-order valence-electron chi connectivity index (χ0n) is 9.21. The van der Waals surface area contributed by atoms with Gasteiger partial charge in [-0.25, -0.2) is 0 Å². The van der Waals surface area contributed by atoms with E-state index in [2.05, 4.69) is 13.8 Å². The van der Waals surface area contributed by atoms with Crippen LogP contribution >= 0.6 is 0 Å². The van der Waals surface area contributed by atoms with Crippen LogP contribution in [0, 0.1) is 27.7 Å². The van der Waals surface area contributed by atoms with Crippen molar-refractivity contribution >= 4 is 11.6 Å². The molecule has 2 heteroatoms. The quantitative estimate of drug-likeness (QED) is 0.452. The van der Waals surface area contributed by atoms with Gasteiger partial charge < -0.3 is 0 Å². The van der Waals surface area contributed by atoms with E-state index in [0.29, 0.717) is 12.8 Å². The van der Waals surface area contributed by atoms with Gasteiger partial charge in [-0.1, -0.05) is 39.8 Å². The van der Waals surface area contributed by atoms with Crippen LogP contribution in [0.2, 0.25) is 0 Å². The molecule has 5 radical (unpaired) electrons. The molecule has 0 aromatic heterocycles. The first-order chi connectivity index (χ1) is 6.70. The van der Waals surface area contributed by atoms with Crippen LogP contribution in [-0.4, -0.2) is 11.6 Å². The molecule has 0 saturated heterocycles. The molecule has 83 valence electrons. The minimum atomic E-state index is -0.0402. The standard InChI is InChI=1S/C9H11O2.C3H6.CH2/c10-8-5-3-1-2-4-6-9(11)7-8;1-3-2;/h1-2,5H,3-4,6-7H2;1-3H2;1H2. The van der Waals surface area contributed by atoms with Crippen molar-refractivity contribution in [3.8, 4) is 0 Å². The third kappa shape index (κ3) is 11.0. The van der Waals surface area contributed by atoms with Gasteiger partial charge in [-0.15, -0.1) is 0 Å². The van der Waals surface area contributed by atoms with Crippen LogP contribution in [0.1, 0.15) is 32.1 Å². The smallest absolute Gasteiger partial charge is 0.144 e. The Morgan fingerprint density at radius 3 is 2.40 bits per heavy atom. The highest BCUT2D eigenvalue weighted by molar-refractivity contribution is 6.03. The average Bonchev–Trinajstić information content (AvgIpc) is 2.19. The fourth-order valence-electron chi connectivity index (χ4n) is 1.01. The van der Waals surface area contributed by atoms with Crippen molar-refractivity contribution in [1.29, 1.82) is 0 Å². The Hall–Kier alpha value is -0.920. The third-order valence-electron chi connectivity index (χ3n) is 1.61. The number of hydrogen-bond acceptors (Lipinski definition) is 2. The minimum absolute atomic E-state index is 0. The number of allylic oxidation sites excluding steroid dienone is 2. The first-order valence-electron chi connectivity index (χ1n) is 4.82. The van der Waals surface area contributed by atoms with E-state index in [9.17, 15) is 9.59 Å². The molecule has 0 aliphatic heterocycles. The molecule has 1 aliphatic rings. The molecule has 0 aromatic rings.